The maximum absolute atomic E-state index is 13.9. The quantitative estimate of drug-likeness (QED) is 0.644. The van der Waals surface area contributed by atoms with E-state index in [-0.39, 0.29) is 6.99 Å². The maximum atomic E-state index is 13.9. The van der Waals surface area contributed by atoms with E-state index in [9.17, 15) is 13.6 Å². The standard InChI is InChI=1S/C17H15F2N5O.H2/c1-4-15(19)16(20-2)23-17(25)11-5-12(18)7-13(6-11)24(3)14-8-21-10-22-9-14;/h4-10H,1-2H2,3H3,(H,23,25);1H/b16-15-;. The van der Waals surface area contributed by atoms with Crippen LogP contribution in [0.4, 0.5) is 20.2 Å². The van der Waals surface area contributed by atoms with E-state index in [0.717, 1.165) is 12.1 Å². The van der Waals surface area contributed by atoms with Crippen LogP contribution in [0.15, 0.2) is 66.2 Å². The second-order valence-corrected chi connectivity index (χ2v) is 4.87. The lowest BCUT2D eigenvalue weighted by molar-refractivity contribution is 0.0964. The monoisotopic (exact) mass is 345 g/mol. The van der Waals surface area contributed by atoms with Gasteiger partial charge in [0, 0.05) is 19.7 Å². The van der Waals surface area contributed by atoms with Crippen LogP contribution < -0.4 is 10.2 Å². The van der Waals surface area contributed by atoms with Gasteiger partial charge in [0.15, 0.2) is 11.6 Å². The van der Waals surface area contributed by atoms with Gasteiger partial charge in [0.2, 0.25) is 0 Å². The lowest BCUT2D eigenvalue weighted by atomic mass is 10.1. The molecule has 25 heavy (non-hydrogen) atoms. The Bertz CT molecular complexity index is 842. The fourth-order valence-corrected chi connectivity index (χ4v) is 1.96. The van der Waals surface area contributed by atoms with E-state index in [4.69, 9.17) is 0 Å². The van der Waals surface area contributed by atoms with Gasteiger partial charge in [-0.25, -0.2) is 23.7 Å². The third-order valence-electron chi connectivity index (χ3n) is 3.26. The first-order valence-electron chi connectivity index (χ1n) is 7.06. The number of aliphatic imine (C=N–C) groups is 1. The Kier molecular flexibility index (Phi) is 5.67. The molecule has 1 aromatic carbocycles. The number of carbonyl (C=O) groups is 1. The molecule has 2 rings (SSSR count). The van der Waals surface area contributed by atoms with Crippen molar-refractivity contribution in [1.82, 2.24) is 15.3 Å². The normalized spacial score (nSPS) is 11.3. The topological polar surface area (TPSA) is 70.5 Å². The molecule has 0 aliphatic carbocycles. The molecule has 1 aromatic heterocycles. The van der Waals surface area contributed by atoms with Crippen LogP contribution in [-0.4, -0.2) is 29.6 Å². The van der Waals surface area contributed by atoms with Crippen LogP contribution in [0.2, 0.25) is 0 Å². The summed E-state index contributed by atoms with van der Waals surface area (Å²) in [7, 11) is 1.67. The molecule has 0 radical (unpaired) electrons. The fourth-order valence-electron chi connectivity index (χ4n) is 1.96. The minimum atomic E-state index is -0.849. The number of aromatic nitrogens is 2. The number of benzene rings is 1. The molecule has 6 nitrogen and oxygen atoms in total. The van der Waals surface area contributed by atoms with Crippen molar-refractivity contribution in [3.63, 3.8) is 0 Å². The van der Waals surface area contributed by atoms with Gasteiger partial charge in [-0.2, -0.15) is 0 Å². The van der Waals surface area contributed by atoms with Gasteiger partial charge < -0.3 is 10.2 Å². The zero-order chi connectivity index (χ0) is 18.4. The first-order valence-corrected chi connectivity index (χ1v) is 7.06. The van der Waals surface area contributed by atoms with Gasteiger partial charge in [0.05, 0.1) is 18.1 Å². The average Bonchev–Trinajstić information content (AvgIpc) is 2.64. The van der Waals surface area contributed by atoms with E-state index in [1.807, 2.05) is 0 Å². The highest BCUT2D eigenvalue weighted by Gasteiger charge is 2.14. The van der Waals surface area contributed by atoms with E-state index in [1.54, 1.807) is 24.3 Å². The number of anilines is 2. The summed E-state index contributed by atoms with van der Waals surface area (Å²) in [5.74, 6) is -2.61. The Labute approximate surface area is 144 Å². The molecule has 0 atom stereocenters. The van der Waals surface area contributed by atoms with Crippen molar-refractivity contribution in [2.45, 2.75) is 0 Å². The van der Waals surface area contributed by atoms with Crippen molar-refractivity contribution < 1.29 is 15.0 Å². The molecule has 1 amide bonds. The number of nitrogens with one attached hydrogen (secondary N) is 1. The Hall–Kier alpha value is -3.42. The second-order valence-electron chi connectivity index (χ2n) is 4.87. The number of halogens is 2. The average molecular weight is 345 g/mol. The lowest BCUT2D eigenvalue weighted by Gasteiger charge is -2.19. The van der Waals surface area contributed by atoms with E-state index in [0.29, 0.717) is 11.4 Å². The van der Waals surface area contributed by atoms with Gasteiger partial charge >= 0.3 is 0 Å². The summed E-state index contributed by atoms with van der Waals surface area (Å²) in [6, 6.07) is 3.72. The lowest BCUT2D eigenvalue weighted by Crippen LogP contribution is -2.23. The Morgan fingerprint density at radius 2 is 2.00 bits per heavy atom. The van der Waals surface area contributed by atoms with Crippen molar-refractivity contribution >= 4 is 24.0 Å². The minimum absolute atomic E-state index is 0. The number of carbonyl (C=O) groups excluding carboxylic acids is 1. The fraction of sp³-hybridized carbons (Fsp3) is 0.0588. The summed E-state index contributed by atoms with van der Waals surface area (Å²) in [5, 5.41) is 2.22. The molecular weight excluding hydrogens is 328 g/mol. The van der Waals surface area contributed by atoms with Crippen LogP contribution in [0.1, 0.15) is 11.8 Å². The molecule has 1 heterocycles. The summed E-state index contributed by atoms with van der Waals surface area (Å²) in [6.45, 7) is 6.42. The minimum Gasteiger partial charge on any atom is -0.342 e. The summed E-state index contributed by atoms with van der Waals surface area (Å²) in [6.07, 6.45) is 5.33. The molecule has 0 aliphatic heterocycles. The smallest absolute Gasteiger partial charge is 0.257 e. The van der Waals surface area contributed by atoms with Crippen molar-refractivity contribution in [1.29, 1.82) is 0 Å². The molecule has 1 N–H and O–H groups in total. The zero-order valence-corrected chi connectivity index (χ0v) is 13.4. The molecule has 0 saturated carbocycles. The van der Waals surface area contributed by atoms with Crippen molar-refractivity contribution in [3.8, 4) is 0 Å². The highest BCUT2D eigenvalue weighted by molar-refractivity contribution is 5.96. The molecule has 0 aliphatic rings. The summed E-state index contributed by atoms with van der Waals surface area (Å²) >= 11 is 0. The predicted octanol–water partition coefficient (Wildman–Crippen LogP) is 3.38. The first-order chi connectivity index (χ1) is 12.0. The maximum Gasteiger partial charge on any atom is 0.257 e. The Morgan fingerprint density at radius 1 is 1.32 bits per heavy atom. The SMILES string of the molecule is C=C/C(F)=C(\N=C)NC(=O)c1cc(F)cc(N(C)c2cncnc2)c1.[HH]. The molecule has 8 heteroatoms. The van der Waals surface area contributed by atoms with Gasteiger partial charge in [-0.3, -0.25) is 4.79 Å². The van der Waals surface area contributed by atoms with E-state index in [2.05, 4.69) is 33.6 Å². The molecule has 0 bridgehead atoms. The van der Waals surface area contributed by atoms with Crippen LogP contribution in [0.25, 0.3) is 0 Å². The molecule has 0 saturated heterocycles. The number of hydrogen-bond acceptors (Lipinski definition) is 5. The third-order valence-corrected chi connectivity index (χ3v) is 3.26. The van der Waals surface area contributed by atoms with Crippen LogP contribution in [-0.2, 0) is 0 Å². The molecular formula is C17H17F2N5O. The van der Waals surface area contributed by atoms with Gasteiger partial charge in [-0.1, -0.05) is 6.58 Å². The van der Waals surface area contributed by atoms with Crippen LogP contribution in [0.5, 0.6) is 0 Å². The third kappa shape index (κ3) is 4.31. The Morgan fingerprint density at radius 3 is 2.60 bits per heavy atom. The van der Waals surface area contributed by atoms with E-state index < -0.39 is 23.4 Å². The van der Waals surface area contributed by atoms with E-state index in [1.165, 1.54) is 18.5 Å². The van der Waals surface area contributed by atoms with Gasteiger partial charge in [-0.15, -0.1) is 0 Å². The van der Waals surface area contributed by atoms with Crippen molar-refractivity contribution in [3.05, 3.63) is 72.6 Å². The molecule has 0 spiro atoms. The highest BCUT2D eigenvalue weighted by atomic mass is 19.1. The largest absolute Gasteiger partial charge is 0.342 e. The van der Waals surface area contributed by atoms with Crippen molar-refractivity contribution in [2.75, 3.05) is 11.9 Å². The van der Waals surface area contributed by atoms with Crippen LogP contribution in [0.3, 0.4) is 0 Å². The summed E-state index contributed by atoms with van der Waals surface area (Å²) in [4.78, 5) is 25.0. The first kappa shape index (κ1) is 17.9. The molecule has 0 fully saturated rings. The summed E-state index contributed by atoms with van der Waals surface area (Å²) in [5.41, 5.74) is 0.975. The number of hydrogen-bond donors (Lipinski definition) is 1. The second kappa shape index (κ2) is 7.91. The number of nitrogens with zero attached hydrogens (tertiary/aromatic N) is 4. The van der Waals surface area contributed by atoms with Gasteiger partial charge in [0.1, 0.15) is 12.1 Å². The predicted molar refractivity (Wildman–Crippen MR) is 94.0 cm³/mol. The number of rotatable bonds is 6. The van der Waals surface area contributed by atoms with E-state index >= 15 is 0 Å². The van der Waals surface area contributed by atoms with Crippen LogP contribution in [0, 0.1) is 5.82 Å². The van der Waals surface area contributed by atoms with Gasteiger partial charge in [0.25, 0.3) is 5.91 Å². The zero-order valence-electron chi connectivity index (χ0n) is 13.4. The summed E-state index contributed by atoms with van der Waals surface area (Å²) < 4.78 is 27.4. The molecule has 0 unspecified atom stereocenters. The molecule has 2 aromatic rings. The van der Waals surface area contributed by atoms with Crippen molar-refractivity contribution in [2.24, 2.45) is 4.99 Å². The number of allylic oxidation sites excluding steroid dienone is 2. The molecule has 130 valence electrons. The van der Waals surface area contributed by atoms with Gasteiger partial charge in [-0.05, 0) is 31.0 Å². The van der Waals surface area contributed by atoms with Crippen LogP contribution >= 0.6 is 0 Å². The highest BCUT2D eigenvalue weighted by Crippen LogP contribution is 2.24. The Balaban J connectivity index is 0.00000338. The number of amides is 1.